The third-order valence-corrected chi connectivity index (χ3v) is 4.37. The number of ether oxygens (including phenoxy) is 1. The molecule has 2 rings (SSSR count). The van der Waals surface area contributed by atoms with E-state index in [1.807, 2.05) is 0 Å². The van der Waals surface area contributed by atoms with Gasteiger partial charge in [0.2, 0.25) is 0 Å². The lowest BCUT2D eigenvalue weighted by atomic mass is 10.3. The first-order chi connectivity index (χ1) is 7.92. The van der Waals surface area contributed by atoms with E-state index in [1.54, 1.807) is 7.11 Å². The molecule has 0 saturated carbocycles. The lowest BCUT2D eigenvalue weighted by molar-refractivity contribution is 0.0323. The maximum Gasteiger partial charge on any atom is 0.0717 e. The SMILES string of the molecule is COCCN1CCSCC1N1CCNCC1. The summed E-state index contributed by atoms with van der Waals surface area (Å²) >= 11 is 2.09. The van der Waals surface area contributed by atoms with Crippen LogP contribution in [0.25, 0.3) is 0 Å². The standard InChI is InChI=1S/C11H23N3OS/c1-15-8-6-14-7-9-16-10-11(14)13-4-2-12-3-5-13/h11-12H,2-10H2,1H3. The quantitative estimate of drug-likeness (QED) is 0.747. The molecule has 0 radical (unpaired) electrons. The molecule has 16 heavy (non-hydrogen) atoms. The Kier molecular flexibility index (Phi) is 5.38. The van der Waals surface area contributed by atoms with Crippen molar-refractivity contribution in [1.29, 1.82) is 0 Å². The van der Waals surface area contributed by atoms with Gasteiger partial charge in [0, 0.05) is 57.9 Å². The summed E-state index contributed by atoms with van der Waals surface area (Å²) in [5.74, 6) is 2.52. The molecule has 94 valence electrons. The van der Waals surface area contributed by atoms with Crippen molar-refractivity contribution in [1.82, 2.24) is 15.1 Å². The predicted molar refractivity (Wildman–Crippen MR) is 69.0 cm³/mol. The molecule has 1 atom stereocenters. The van der Waals surface area contributed by atoms with Crippen LogP contribution in [0.3, 0.4) is 0 Å². The third kappa shape index (κ3) is 3.34. The molecule has 0 aromatic rings. The van der Waals surface area contributed by atoms with Gasteiger partial charge >= 0.3 is 0 Å². The van der Waals surface area contributed by atoms with Gasteiger partial charge in [-0.05, 0) is 0 Å². The number of hydrogen-bond donors (Lipinski definition) is 1. The first kappa shape index (κ1) is 12.6. The van der Waals surface area contributed by atoms with Crippen LogP contribution in [0.4, 0.5) is 0 Å². The van der Waals surface area contributed by atoms with E-state index in [0.717, 1.165) is 26.2 Å². The molecule has 1 N–H and O–H groups in total. The average molecular weight is 245 g/mol. The van der Waals surface area contributed by atoms with Crippen LogP contribution in [0, 0.1) is 0 Å². The molecule has 0 aromatic carbocycles. The summed E-state index contributed by atoms with van der Waals surface area (Å²) in [7, 11) is 1.79. The smallest absolute Gasteiger partial charge is 0.0717 e. The van der Waals surface area contributed by atoms with Crippen LogP contribution in [0.2, 0.25) is 0 Å². The molecule has 2 aliphatic rings. The molecule has 4 nitrogen and oxygen atoms in total. The second kappa shape index (κ2) is 6.81. The Labute approximate surface area is 103 Å². The molecule has 0 spiro atoms. The second-order valence-electron chi connectivity index (χ2n) is 4.37. The van der Waals surface area contributed by atoms with Crippen LogP contribution in [0.5, 0.6) is 0 Å². The number of nitrogens with zero attached hydrogens (tertiary/aromatic N) is 2. The van der Waals surface area contributed by atoms with Crippen molar-refractivity contribution in [3.05, 3.63) is 0 Å². The minimum Gasteiger partial charge on any atom is -0.383 e. The van der Waals surface area contributed by atoms with Crippen molar-refractivity contribution in [2.45, 2.75) is 6.17 Å². The van der Waals surface area contributed by atoms with Crippen LogP contribution in [0.15, 0.2) is 0 Å². The van der Waals surface area contributed by atoms with E-state index in [2.05, 4.69) is 26.9 Å². The van der Waals surface area contributed by atoms with E-state index >= 15 is 0 Å². The molecule has 0 aromatic heterocycles. The number of rotatable bonds is 4. The summed E-state index contributed by atoms with van der Waals surface area (Å²) in [6.45, 7) is 7.80. The lowest BCUT2D eigenvalue weighted by Crippen LogP contribution is -2.58. The predicted octanol–water partition coefficient (Wildman–Crippen LogP) is -0.0871. The van der Waals surface area contributed by atoms with Crippen molar-refractivity contribution >= 4 is 11.8 Å². The molecule has 0 aliphatic carbocycles. The maximum absolute atomic E-state index is 5.20. The highest BCUT2D eigenvalue weighted by atomic mass is 32.2. The van der Waals surface area contributed by atoms with Crippen molar-refractivity contribution in [3.63, 3.8) is 0 Å². The number of nitrogens with one attached hydrogen (secondary N) is 1. The average Bonchev–Trinajstić information content (AvgIpc) is 2.38. The Bertz CT molecular complexity index is 200. The second-order valence-corrected chi connectivity index (χ2v) is 5.52. The number of thioether (sulfide) groups is 1. The van der Waals surface area contributed by atoms with Gasteiger partial charge in [0.15, 0.2) is 0 Å². The number of methoxy groups -OCH3 is 1. The van der Waals surface area contributed by atoms with Crippen molar-refractivity contribution < 1.29 is 4.74 Å². The first-order valence-corrected chi connectivity index (χ1v) is 7.33. The fraction of sp³-hybridized carbons (Fsp3) is 1.00. The number of piperazine rings is 1. The highest BCUT2D eigenvalue weighted by molar-refractivity contribution is 7.99. The molecule has 2 aliphatic heterocycles. The van der Waals surface area contributed by atoms with Gasteiger partial charge in [-0.3, -0.25) is 9.80 Å². The summed E-state index contributed by atoms with van der Waals surface area (Å²) in [4.78, 5) is 5.21. The fourth-order valence-corrected chi connectivity index (χ4v) is 3.57. The van der Waals surface area contributed by atoms with Crippen molar-refractivity contribution in [2.24, 2.45) is 0 Å². The largest absolute Gasteiger partial charge is 0.383 e. The van der Waals surface area contributed by atoms with E-state index < -0.39 is 0 Å². The molecular weight excluding hydrogens is 222 g/mol. The molecule has 1 unspecified atom stereocenters. The zero-order chi connectivity index (χ0) is 11.2. The highest BCUT2D eigenvalue weighted by Gasteiger charge is 2.28. The van der Waals surface area contributed by atoms with Crippen molar-refractivity contribution in [3.8, 4) is 0 Å². The Hall–Kier alpha value is 0.190. The van der Waals surface area contributed by atoms with Crippen LogP contribution in [0.1, 0.15) is 0 Å². The van der Waals surface area contributed by atoms with E-state index in [9.17, 15) is 0 Å². The fourth-order valence-electron chi connectivity index (χ4n) is 2.41. The lowest BCUT2D eigenvalue weighted by Gasteiger charge is -2.43. The van der Waals surface area contributed by atoms with Crippen LogP contribution in [-0.2, 0) is 4.74 Å². The van der Waals surface area contributed by atoms with Crippen molar-refractivity contribution in [2.75, 3.05) is 64.5 Å². The minimum absolute atomic E-state index is 0.635. The van der Waals surface area contributed by atoms with Gasteiger partial charge in [0.05, 0.1) is 12.8 Å². The first-order valence-electron chi connectivity index (χ1n) is 6.17. The van der Waals surface area contributed by atoms with Crippen LogP contribution < -0.4 is 5.32 Å². The maximum atomic E-state index is 5.20. The zero-order valence-corrected chi connectivity index (χ0v) is 11.0. The summed E-state index contributed by atoms with van der Waals surface area (Å²) in [5.41, 5.74) is 0. The van der Waals surface area contributed by atoms with Gasteiger partial charge in [-0.2, -0.15) is 11.8 Å². The van der Waals surface area contributed by atoms with Gasteiger partial charge in [-0.15, -0.1) is 0 Å². The Morgan fingerprint density at radius 1 is 1.31 bits per heavy atom. The molecule has 2 heterocycles. The molecule has 0 bridgehead atoms. The van der Waals surface area contributed by atoms with E-state index in [-0.39, 0.29) is 0 Å². The number of hydrogen-bond acceptors (Lipinski definition) is 5. The van der Waals surface area contributed by atoms with Gasteiger partial charge in [-0.1, -0.05) is 0 Å². The van der Waals surface area contributed by atoms with Gasteiger partial charge in [0.1, 0.15) is 0 Å². The summed E-state index contributed by atoms with van der Waals surface area (Å²) in [5, 5.41) is 3.42. The summed E-state index contributed by atoms with van der Waals surface area (Å²) < 4.78 is 5.20. The Morgan fingerprint density at radius 3 is 2.88 bits per heavy atom. The molecule has 0 amide bonds. The molecular formula is C11H23N3OS. The van der Waals surface area contributed by atoms with E-state index in [1.165, 1.54) is 31.1 Å². The van der Waals surface area contributed by atoms with Gasteiger partial charge in [0.25, 0.3) is 0 Å². The Morgan fingerprint density at radius 2 is 2.12 bits per heavy atom. The summed E-state index contributed by atoms with van der Waals surface area (Å²) in [6.07, 6.45) is 0.635. The van der Waals surface area contributed by atoms with Crippen LogP contribution in [-0.4, -0.2) is 80.5 Å². The van der Waals surface area contributed by atoms with Crippen LogP contribution >= 0.6 is 11.8 Å². The normalized spacial score (nSPS) is 29.4. The molecule has 2 fully saturated rings. The van der Waals surface area contributed by atoms with E-state index in [0.29, 0.717) is 6.17 Å². The van der Waals surface area contributed by atoms with Gasteiger partial charge in [-0.25, -0.2) is 0 Å². The zero-order valence-electron chi connectivity index (χ0n) is 10.2. The Balaban J connectivity index is 1.86. The van der Waals surface area contributed by atoms with Gasteiger partial charge < -0.3 is 10.1 Å². The highest BCUT2D eigenvalue weighted by Crippen LogP contribution is 2.19. The minimum atomic E-state index is 0.635. The monoisotopic (exact) mass is 245 g/mol. The summed E-state index contributed by atoms with van der Waals surface area (Å²) in [6, 6.07) is 0. The molecule has 2 saturated heterocycles. The van der Waals surface area contributed by atoms with E-state index in [4.69, 9.17) is 4.74 Å². The topological polar surface area (TPSA) is 27.7 Å². The molecule has 5 heteroatoms. The third-order valence-electron chi connectivity index (χ3n) is 3.37.